The fourth-order valence-corrected chi connectivity index (χ4v) is 1.63. The summed E-state index contributed by atoms with van der Waals surface area (Å²) in [7, 11) is 1.86. The van der Waals surface area contributed by atoms with Crippen molar-refractivity contribution in [1.82, 2.24) is 5.32 Å². The van der Waals surface area contributed by atoms with Gasteiger partial charge in [-0.05, 0) is 32.2 Å². The van der Waals surface area contributed by atoms with Gasteiger partial charge in [0.05, 0.1) is 12.7 Å². The van der Waals surface area contributed by atoms with Gasteiger partial charge in [0.1, 0.15) is 18.5 Å². The lowest BCUT2D eigenvalue weighted by molar-refractivity contribution is 0.0741. The van der Waals surface area contributed by atoms with E-state index >= 15 is 0 Å². The second-order valence-corrected chi connectivity index (χ2v) is 4.21. The molecule has 0 spiro atoms. The average molecular weight is 269 g/mol. The van der Waals surface area contributed by atoms with Crippen LogP contribution < -0.4 is 10.1 Å². The summed E-state index contributed by atoms with van der Waals surface area (Å²) in [5, 5.41) is 12.3. The fourth-order valence-electron chi connectivity index (χ4n) is 1.43. The van der Waals surface area contributed by atoms with Gasteiger partial charge in [-0.1, -0.05) is 11.6 Å². The number of nitrogens with one attached hydrogen (secondary N) is 1. The Morgan fingerprint density at radius 3 is 2.89 bits per heavy atom. The summed E-state index contributed by atoms with van der Waals surface area (Å²) in [6.45, 7) is 3.18. The molecule has 0 bridgehead atoms. The van der Waals surface area contributed by atoms with Crippen LogP contribution in [0.2, 0.25) is 5.02 Å². The van der Waals surface area contributed by atoms with Crippen molar-refractivity contribution in [2.75, 3.05) is 20.3 Å². The molecule has 0 fully saturated rings. The lowest BCUT2D eigenvalue weighted by Crippen LogP contribution is -2.14. The van der Waals surface area contributed by atoms with E-state index < -0.39 is 6.10 Å². The average Bonchev–Trinajstić information content (AvgIpc) is 2.36. The molecule has 5 heteroatoms. The molecule has 0 saturated carbocycles. The Hall–Kier alpha value is -1.28. The Labute approximate surface area is 112 Å². The zero-order valence-electron chi connectivity index (χ0n) is 10.6. The van der Waals surface area contributed by atoms with Crippen molar-refractivity contribution < 1.29 is 9.47 Å². The highest BCUT2D eigenvalue weighted by molar-refractivity contribution is 6.30. The molecule has 0 aliphatic carbocycles. The summed E-state index contributed by atoms with van der Waals surface area (Å²) < 4.78 is 10.8. The Bertz CT molecular complexity index is 418. The third kappa shape index (κ3) is 4.92. The van der Waals surface area contributed by atoms with Gasteiger partial charge in [-0.3, -0.25) is 0 Å². The molecule has 0 aliphatic rings. The molecule has 1 atom stereocenters. The number of nitrogens with zero attached hydrogens (tertiary/aromatic N) is 1. The van der Waals surface area contributed by atoms with E-state index in [1.807, 2.05) is 25.2 Å². The first-order valence-electron chi connectivity index (χ1n) is 5.74. The number of benzene rings is 1. The molecule has 0 aliphatic heterocycles. The van der Waals surface area contributed by atoms with Crippen molar-refractivity contribution in [3.8, 4) is 11.8 Å². The van der Waals surface area contributed by atoms with Gasteiger partial charge >= 0.3 is 0 Å². The van der Waals surface area contributed by atoms with Gasteiger partial charge in [0.15, 0.2) is 0 Å². The van der Waals surface area contributed by atoms with Crippen LogP contribution in [0.3, 0.4) is 0 Å². The van der Waals surface area contributed by atoms with Crippen LogP contribution in [0.15, 0.2) is 18.2 Å². The molecule has 0 amide bonds. The number of halogens is 1. The van der Waals surface area contributed by atoms with Gasteiger partial charge in [-0.2, -0.15) is 5.26 Å². The molecule has 0 radical (unpaired) electrons. The van der Waals surface area contributed by atoms with Crippen LogP contribution in [0.1, 0.15) is 12.5 Å². The van der Waals surface area contributed by atoms with Crippen molar-refractivity contribution in [2.45, 2.75) is 19.6 Å². The first kappa shape index (κ1) is 14.8. The number of nitriles is 1. The van der Waals surface area contributed by atoms with Crippen LogP contribution in [0.4, 0.5) is 0 Å². The summed E-state index contributed by atoms with van der Waals surface area (Å²) >= 11 is 5.93. The first-order valence-corrected chi connectivity index (χ1v) is 6.12. The van der Waals surface area contributed by atoms with E-state index in [0.717, 1.165) is 11.3 Å². The molecule has 1 aromatic rings. The molecule has 0 saturated heterocycles. The minimum atomic E-state index is -0.407. The van der Waals surface area contributed by atoms with Crippen LogP contribution in [-0.4, -0.2) is 26.4 Å². The summed E-state index contributed by atoms with van der Waals surface area (Å²) in [6, 6.07) is 7.49. The van der Waals surface area contributed by atoms with Crippen LogP contribution in [0.5, 0.6) is 5.75 Å². The van der Waals surface area contributed by atoms with E-state index in [-0.39, 0.29) is 0 Å². The Morgan fingerprint density at radius 1 is 1.44 bits per heavy atom. The summed E-state index contributed by atoms with van der Waals surface area (Å²) in [6.07, 6.45) is -0.407. The molecule has 1 rings (SSSR count). The maximum atomic E-state index is 8.56. The Morgan fingerprint density at radius 2 is 2.22 bits per heavy atom. The first-order chi connectivity index (χ1) is 8.67. The number of rotatable bonds is 7. The van der Waals surface area contributed by atoms with E-state index in [1.165, 1.54) is 0 Å². The predicted octanol–water partition coefficient (Wildman–Crippen LogP) is 2.37. The van der Waals surface area contributed by atoms with Crippen molar-refractivity contribution in [3.05, 3.63) is 28.8 Å². The molecule has 98 valence electrons. The lowest BCUT2D eigenvalue weighted by atomic mass is 10.2. The maximum Gasteiger partial charge on any atom is 0.141 e. The van der Waals surface area contributed by atoms with Gasteiger partial charge in [0, 0.05) is 17.1 Å². The zero-order chi connectivity index (χ0) is 13.4. The van der Waals surface area contributed by atoms with Crippen molar-refractivity contribution in [2.24, 2.45) is 0 Å². The van der Waals surface area contributed by atoms with E-state index in [9.17, 15) is 0 Å². The SMILES string of the molecule is CNCc1cc(Cl)ccc1OCCOC(C)C#N. The monoisotopic (exact) mass is 268 g/mol. The maximum absolute atomic E-state index is 8.56. The molecule has 1 unspecified atom stereocenters. The molecule has 1 N–H and O–H groups in total. The number of ether oxygens (including phenoxy) is 2. The van der Waals surface area contributed by atoms with Crippen molar-refractivity contribution >= 4 is 11.6 Å². The van der Waals surface area contributed by atoms with E-state index in [0.29, 0.717) is 24.8 Å². The largest absolute Gasteiger partial charge is 0.491 e. The minimum Gasteiger partial charge on any atom is -0.491 e. The van der Waals surface area contributed by atoms with Crippen molar-refractivity contribution in [1.29, 1.82) is 5.26 Å². The van der Waals surface area contributed by atoms with Crippen LogP contribution in [-0.2, 0) is 11.3 Å². The second-order valence-electron chi connectivity index (χ2n) is 3.77. The van der Waals surface area contributed by atoms with Gasteiger partial charge in [0.2, 0.25) is 0 Å². The lowest BCUT2D eigenvalue weighted by Gasteiger charge is -2.12. The standard InChI is InChI=1S/C13H17ClN2O2/c1-10(8-15)17-5-6-18-13-4-3-12(14)7-11(13)9-16-2/h3-4,7,10,16H,5-6,9H2,1-2H3. The van der Waals surface area contributed by atoms with Crippen molar-refractivity contribution in [3.63, 3.8) is 0 Å². The van der Waals surface area contributed by atoms with E-state index in [2.05, 4.69) is 5.32 Å². The fraction of sp³-hybridized carbons (Fsp3) is 0.462. The van der Waals surface area contributed by atoms with Gasteiger partial charge in [0.25, 0.3) is 0 Å². The topological polar surface area (TPSA) is 54.3 Å². The Balaban J connectivity index is 2.49. The molecule has 18 heavy (non-hydrogen) atoms. The summed E-state index contributed by atoms with van der Waals surface area (Å²) in [5.41, 5.74) is 0.998. The number of hydrogen-bond donors (Lipinski definition) is 1. The molecule has 0 aromatic heterocycles. The summed E-state index contributed by atoms with van der Waals surface area (Å²) in [5.74, 6) is 0.780. The highest BCUT2D eigenvalue weighted by Crippen LogP contribution is 2.22. The van der Waals surface area contributed by atoms with Gasteiger partial charge < -0.3 is 14.8 Å². The molecule has 1 aromatic carbocycles. The summed E-state index contributed by atoms with van der Waals surface area (Å²) in [4.78, 5) is 0. The second kappa shape index (κ2) is 7.93. The van der Waals surface area contributed by atoms with Gasteiger partial charge in [-0.15, -0.1) is 0 Å². The van der Waals surface area contributed by atoms with Crippen LogP contribution in [0, 0.1) is 11.3 Å². The highest BCUT2D eigenvalue weighted by atomic mass is 35.5. The predicted molar refractivity (Wildman–Crippen MR) is 70.7 cm³/mol. The van der Waals surface area contributed by atoms with Crippen LogP contribution in [0.25, 0.3) is 0 Å². The molecular weight excluding hydrogens is 252 g/mol. The minimum absolute atomic E-state index is 0.385. The third-order valence-electron chi connectivity index (χ3n) is 2.28. The molecule has 0 heterocycles. The Kier molecular flexibility index (Phi) is 6.51. The normalized spacial score (nSPS) is 11.9. The van der Waals surface area contributed by atoms with E-state index in [1.54, 1.807) is 13.0 Å². The highest BCUT2D eigenvalue weighted by Gasteiger charge is 2.05. The zero-order valence-corrected chi connectivity index (χ0v) is 11.3. The quantitative estimate of drug-likeness (QED) is 0.772. The smallest absolute Gasteiger partial charge is 0.141 e. The van der Waals surface area contributed by atoms with Gasteiger partial charge in [-0.25, -0.2) is 0 Å². The number of hydrogen-bond acceptors (Lipinski definition) is 4. The molecular formula is C13H17ClN2O2. The third-order valence-corrected chi connectivity index (χ3v) is 2.52. The molecule has 4 nitrogen and oxygen atoms in total. The van der Waals surface area contributed by atoms with Crippen LogP contribution >= 0.6 is 11.6 Å². The van der Waals surface area contributed by atoms with E-state index in [4.69, 9.17) is 26.3 Å².